The predicted molar refractivity (Wildman–Crippen MR) is 98.1 cm³/mol. The number of ether oxygens (including phenoxy) is 3. The number of piperidine rings is 1. The number of aliphatic imine (C=N–C) groups is 1. The van der Waals surface area contributed by atoms with Crippen LogP contribution < -0.4 is 10.1 Å². The van der Waals surface area contributed by atoms with Crippen molar-refractivity contribution in [2.24, 2.45) is 10.9 Å². The number of methoxy groups -OCH3 is 2. The quantitative estimate of drug-likeness (QED) is 0.335. The lowest BCUT2D eigenvalue weighted by molar-refractivity contribution is -0.146. The van der Waals surface area contributed by atoms with Gasteiger partial charge >= 0.3 is 5.97 Å². The minimum atomic E-state index is -0.124. The second kappa shape index (κ2) is 10.6. The molecule has 0 amide bonds. The summed E-state index contributed by atoms with van der Waals surface area (Å²) in [6, 6.07) is 3.85. The van der Waals surface area contributed by atoms with Gasteiger partial charge < -0.3 is 24.4 Å². The summed E-state index contributed by atoms with van der Waals surface area (Å²) >= 11 is 0. The van der Waals surface area contributed by atoms with E-state index >= 15 is 0 Å². The Hall–Kier alpha value is -2.35. The molecule has 1 N–H and O–H groups in total. The fraction of sp³-hybridized carbons (Fsp3) is 0.611. The molecule has 0 aromatic carbocycles. The molecule has 0 bridgehead atoms. The van der Waals surface area contributed by atoms with Crippen molar-refractivity contribution in [3.63, 3.8) is 0 Å². The number of aromatic nitrogens is 1. The van der Waals surface area contributed by atoms with E-state index in [0.29, 0.717) is 25.6 Å². The van der Waals surface area contributed by atoms with Gasteiger partial charge in [-0.05, 0) is 18.9 Å². The minimum absolute atomic E-state index is 0.0199. The zero-order valence-corrected chi connectivity index (χ0v) is 15.7. The molecule has 1 fully saturated rings. The summed E-state index contributed by atoms with van der Waals surface area (Å²) in [6.45, 7) is 3.06. The smallest absolute Gasteiger partial charge is 0.308 e. The van der Waals surface area contributed by atoms with Crippen LogP contribution in [0.25, 0.3) is 0 Å². The van der Waals surface area contributed by atoms with Crippen molar-refractivity contribution in [2.45, 2.75) is 19.4 Å². The summed E-state index contributed by atoms with van der Waals surface area (Å²) in [7, 11) is 4.83. The first-order valence-electron chi connectivity index (χ1n) is 8.78. The van der Waals surface area contributed by atoms with Gasteiger partial charge in [0.05, 0.1) is 19.6 Å². The van der Waals surface area contributed by atoms with E-state index in [1.54, 1.807) is 20.4 Å². The first kappa shape index (κ1) is 20.0. The summed E-state index contributed by atoms with van der Waals surface area (Å²) in [5.41, 5.74) is 0.953. The molecule has 1 aliphatic heterocycles. The van der Waals surface area contributed by atoms with Crippen LogP contribution in [0.1, 0.15) is 18.4 Å². The second-order valence-electron chi connectivity index (χ2n) is 5.99. The Kier molecular flexibility index (Phi) is 8.14. The summed E-state index contributed by atoms with van der Waals surface area (Å²) in [5, 5.41) is 3.35. The standard InChI is InChI=1S/C18H28N4O4/c1-19-18(22-9-6-14(7-10-22)17(23)25-3)21-13-15-5-4-8-20-16(15)26-12-11-24-2/h4-5,8,14H,6-7,9-13H2,1-3H3,(H,19,21). The molecule has 1 saturated heterocycles. The third kappa shape index (κ3) is 5.59. The first-order valence-corrected chi connectivity index (χ1v) is 8.78. The Morgan fingerprint density at radius 2 is 2.12 bits per heavy atom. The molecule has 0 atom stereocenters. The van der Waals surface area contributed by atoms with Gasteiger partial charge in [0.25, 0.3) is 0 Å². The van der Waals surface area contributed by atoms with Crippen molar-refractivity contribution in [3.05, 3.63) is 23.9 Å². The number of hydrogen-bond acceptors (Lipinski definition) is 6. The summed E-state index contributed by atoms with van der Waals surface area (Å²) in [6.07, 6.45) is 3.25. The fourth-order valence-corrected chi connectivity index (χ4v) is 2.91. The van der Waals surface area contributed by atoms with Crippen LogP contribution in [0.3, 0.4) is 0 Å². The zero-order chi connectivity index (χ0) is 18.8. The molecular weight excluding hydrogens is 336 g/mol. The van der Waals surface area contributed by atoms with E-state index in [1.807, 2.05) is 12.1 Å². The molecule has 0 radical (unpaired) electrons. The third-order valence-corrected chi connectivity index (χ3v) is 4.35. The molecule has 26 heavy (non-hydrogen) atoms. The first-order chi connectivity index (χ1) is 12.7. The molecule has 2 rings (SSSR count). The van der Waals surface area contributed by atoms with Gasteiger partial charge in [-0.15, -0.1) is 0 Å². The van der Waals surface area contributed by atoms with Gasteiger partial charge in [-0.1, -0.05) is 6.07 Å². The Bertz CT molecular complexity index is 601. The van der Waals surface area contributed by atoms with E-state index in [9.17, 15) is 4.79 Å². The van der Waals surface area contributed by atoms with Crippen molar-refractivity contribution in [1.82, 2.24) is 15.2 Å². The Morgan fingerprint density at radius 3 is 2.77 bits per heavy atom. The van der Waals surface area contributed by atoms with Crippen LogP contribution >= 0.6 is 0 Å². The van der Waals surface area contributed by atoms with E-state index in [4.69, 9.17) is 14.2 Å². The maximum absolute atomic E-state index is 11.7. The van der Waals surface area contributed by atoms with Crippen molar-refractivity contribution >= 4 is 11.9 Å². The number of nitrogens with zero attached hydrogens (tertiary/aromatic N) is 3. The molecule has 1 aromatic rings. The largest absolute Gasteiger partial charge is 0.475 e. The predicted octanol–water partition coefficient (Wildman–Crippen LogP) is 1.07. The van der Waals surface area contributed by atoms with E-state index in [-0.39, 0.29) is 11.9 Å². The van der Waals surface area contributed by atoms with Gasteiger partial charge in [-0.25, -0.2) is 4.98 Å². The number of rotatable bonds is 7. The lowest BCUT2D eigenvalue weighted by atomic mass is 9.97. The van der Waals surface area contributed by atoms with Crippen LogP contribution in [0, 0.1) is 5.92 Å². The van der Waals surface area contributed by atoms with Gasteiger partial charge in [0.2, 0.25) is 5.88 Å². The summed E-state index contributed by atoms with van der Waals surface area (Å²) < 4.78 is 15.5. The van der Waals surface area contributed by atoms with Crippen LogP contribution in [0.2, 0.25) is 0 Å². The molecule has 0 saturated carbocycles. The maximum atomic E-state index is 11.7. The number of esters is 1. The van der Waals surface area contributed by atoms with Gasteiger partial charge in [0.1, 0.15) is 6.61 Å². The molecule has 0 unspecified atom stereocenters. The van der Waals surface area contributed by atoms with E-state index < -0.39 is 0 Å². The number of pyridine rings is 1. The highest BCUT2D eigenvalue weighted by molar-refractivity contribution is 5.80. The molecular formula is C18H28N4O4. The highest BCUT2D eigenvalue weighted by atomic mass is 16.5. The van der Waals surface area contributed by atoms with E-state index in [1.165, 1.54) is 7.11 Å². The number of carbonyl (C=O) groups is 1. The molecule has 0 spiro atoms. The third-order valence-electron chi connectivity index (χ3n) is 4.35. The van der Waals surface area contributed by atoms with Crippen LogP contribution in [0.4, 0.5) is 0 Å². The fourth-order valence-electron chi connectivity index (χ4n) is 2.91. The molecule has 0 aliphatic carbocycles. The van der Waals surface area contributed by atoms with E-state index in [2.05, 4.69) is 20.2 Å². The zero-order valence-electron chi connectivity index (χ0n) is 15.7. The molecule has 8 nitrogen and oxygen atoms in total. The highest BCUT2D eigenvalue weighted by Gasteiger charge is 2.27. The van der Waals surface area contributed by atoms with Crippen molar-refractivity contribution in [2.75, 3.05) is 47.6 Å². The average Bonchev–Trinajstić information content (AvgIpc) is 2.69. The molecule has 1 aromatic heterocycles. The number of hydrogen-bond donors (Lipinski definition) is 1. The second-order valence-corrected chi connectivity index (χ2v) is 5.99. The molecule has 8 heteroatoms. The summed E-state index contributed by atoms with van der Waals surface area (Å²) in [5.74, 6) is 1.26. The van der Waals surface area contributed by atoms with E-state index in [0.717, 1.165) is 37.5 Å². The molecule has 144 valence electrons. The van der Waals surface area contributed by atoms with Gasteiger partial charge in [-0.2, -0.15) is 0 Å². The Morgan fingerprint density at radius 1 is 1.35 bits per heavy atom. The highest BCUT2D eigenvalue weighted by Crippen LogP contribution is 2.19. The maximum Gasteiger partial charge on any atom is 0.308 e. The van der Waals surface area contributed by atoms with Gasteiger partial charge in [-0.3, -0.25) is 9.79 Å². The van der Waals surface area contributed by atoms with Crippen LogP contribution in [0.5, 0.6) is 5.88 Å². The number of likely N-dealkylation sites (tertiary alicyclic amines) is 1. The molecule has 1 aliphatic rings. The number of nitrogens with one attached hydrogen (secondary N) is 1. The van der Waals surface area contributed by atoms with Crippen molar-refractivity contribution in [3.8, 4) is 5.88 Å². The Labute approximate surface area is 154 Å². The number of guanidine groups is 1. The average molecular weight is 364 g/mol. The van der Waals surface area contributed by atoms with Gasteiger partial charge in [0, 0.05) is 45.6 Å². The van der Waals surface area contributed by atoms with Crippen LogP contribution in [-0.2, 0) is 20.8 Å². The van der Waals surface area contributed by atoms with Crippen molar-refractivity contribution in [1.29, 1.82) is 0 Å². The minimum Gasteiger partial charge on any atom is -0.475 e. The normalized spacial score (nSPS) is 15.7. The van der Waals surface area contributed by atoms with Gasteiger partial charge in [0.15, 0.2) is 5.96 Å². The van der Waals surface area contributed by atoms with Crippen LogP contribution in [-0.4, -0.2) is 69.4 Å². The number of carbonyl (C=O) groups excluding carboxylic acids is 1. The van der Waals surface area contributed by atoms with Crippen molar-refractivity contribution < 1.29 is 19.0 Å². The lowest BCUT2D eigenvalue weighted by Gasteiger charge is -2.33. The molecule has 2 heterocycles. The lowest BCUT2D eigenvalue weighted by Crippen LogP contribution is -2.46. The monoisotopic (exact) mass is 364 g/mol. The Balaban J connectivity index is 1.89. The van der Waals surface area contributed by atoms with Crippen LogP contribution in [0.15, 0.2) is 23.3 Å². The topological polar surface area (TPSA) is 85.3 Å². The summed E-state index contributed by atoms with van der Waals surface area (Å²) in [4.78, 5) is 22.4. The SMILES string of the molecule is CN=C(NCc1cccnc1OCCOC)N1CCC(C(=O)OC)CC1.